The van der Waals surface area contributed by atoms with Crippen molar-refractivity contribution >= 4 is 11.4 Å². The van der Waals surface area contributed by atoms with E-state index in [0.29, 0.717) is 31.1 Å². The molecule has 0 bridgehead atoms. The molecule has 0 amide bonds. The Morgan fingerprint density at radius 1 is 1.17 bits per heavy atom. The van der Waals surface area contributed by atoms with E-state index in [1.165, 1.54) is 0 Å². The molecule has 6 heteroatoms. The number of rotatable bonds is 6. The van der Waals surface area contributed by atoms with Crippen molar-refractivity contribution in [3.63, 3.8) is 0 Å². The molecule has 0 spiro atoms. The van der Waals surface area contributed by atoms with Gasteiger partial charge in [0.25, 0.3) is 0 Å². The average Bonchev–Trinajstić information content (AvgIpc) is 2.39. The predicted molar refractivity (Wildman–Crippen MR) is 69.3 cm³/mol. The van der Waals surface area contributed by atoms with Gasteiger partial charge in [0.15, 0.2) is 0 Å². The van der Waals surface area contributed by atoms with Crippen molar-refractivity contribution in [2.24, 2.45) is 10.3 Å². The molecule has 0 saturated carbocycles. The molecule has 0 fully saturated rings. The lowest BCUT2D eigenvalue weighted by Gasteiger charge is -2.20. The Labute approximate surface area is 106 Å². The molecule has 0 radical (unpaired) electrons. The maximum atomic E-state index is 8.71. The van der Waals surface area contributed by atoms with Crippen LogP contribution in [0, 0.1) is 0 Å². The minimum absolute atomic E-state index is 0.486. The Morgan fingerprint density at radius 3 is 2.22 bits per heavy atom. The quantitative estimate of drug-likeness (QED) is 0.456. The summed E-state index contributed by atoms with van der Waals surface area (Å²) in [6.07, 6.45) is 1.73. The van der Waals surface area contributed by atoms with Gasteiger partial charge in [0, 0.05) is 25.8 Å². The summed E-state index contributed by atoms with van der Waals surface area (Å²) in [4.78, 5) is 6.22. The molecule has 0 saturated heterocycles. The molecule has 6 nitrogen and oxygen atoms in total. The second kappa shape index (κ2) is 7.39. The van der Waals surface area contributed by atoms with E-state index >= 15 is 0 Å². The van der Waals surface area contributed by atoms with Gasteiger partial charge in [-0.2, -0.15) is 0 Å². The minimum atomic E-state index is 0.486. The highest BCUT2D eigenvalue weighted by atomic mass is 16.4. The lowest BCUT2D eigenvalue weighted by atomic mass is 10.2. The predicted octanol–water partition coefficient (Wildman–Crippen LogP) is 1.58. The summed E-state index contributed by atoms with van der Waals surface area (Å²) >= 11 is 0. The zero-order valence-corrected chi connectivity index (χ0v) is 10.6. The van der Waals surface area contributed by atoms with Crippen LogP contribution in [0.3, 0.4) is 0 Å². The third-order valence-electron chi connectivity index (χ3n) is 2.36. The highest BCUT2D eigenvalue weighted by Gasteiger charge is 2.10. The summed E-state index contributed by atoms with van der Waals surface area (Å²) in [5.41, 5.74) is 2.10. The highest BCUT2D eigenvalue weighted by Crippen LogP contribution is 2.02. The van der Waals surface area contributed by atoms with E-state index in [2.05, 4.69) is 15.3 Å². The van der Waals surface area contributed by atoms with E-state index < -0.39 is 0 Å². The van der Waals surface area contributed by atoms with Crippen LogP contribution in [-0.4, -0.2) is 44.8 Å². The molecular weight excluding hydrogens is 232 g/mol. The van der Waals surface area contributed by atoms with Crippen LogP contribution in [0.15, 0.2) is 34.7 Å². The van der Waals surface area contributed by atoms with Crippen molar-refractivity contribution in [1.82, 2.24) is 9.88 Å². The Morgan fingerprint density at radius 2 is 1.78 bits per heavy atom. The van der Waals surface area contributed by atoms with Crippen molar-refractivity contribution in [3.8, 4) is 0 Å². The number of hydrogen-bond acceptors (Lipinski definition) is 6. The van der Waals surface area contributed by atoms with Gasteiger partial charge < -0.3 is 10.4 Å². The van der Waals surface area contributed by atoms with E-state index in [9.17, 15) is 0 Å². The summed E-state index contributed by atoms with van der Waals surface area (Å²) < 4.78 is 0. The fraction of sp³-hybridized carbons (Fsp3) is 0.417. The van der Waals surface area contributed by atoms with E-state index in [1.807, 2.05) is 23.1 Å². The Kier molecular flexibility index (Phi) is 5.79. The topological polar surface area (TPSA) is 81.3 Å². The van der Waals surface area contributed by atoms with Crippen LogP contribution in [0.2, 0.25) is 0 Å². The van der Waals surface area contributed by atoms with E-state index in [1.54, 1.807) is 20.0 Å². The molecule has 0 aliphatic heterocycles. The van der Waals surface area contributed by atoms with Crippen molar-refractivity contribution in [1.29, 1.82) is 0 Å². The zero-order chi connectivity index (χ0) is 13.4. The van der Waals surface area contributed by atoms with Crippen LogP contribution in [0.5, 0.6) is 0 Å². The molecule has 1 rings (SSSR count). The fourth-order valence-corrected chi connectivity index (χ4v) is 1.60. The normalized spacial score (nSPS) is 13.1. The second-order valence-corrected chi connectivity index (χ2v) is 4.14. The van der Waals surface area contributed by atoms with Gasteiger partial charge in [0.1, 0.15) is 0 Å². The van der Waals surface area contributed by atoms with E-state index in [-0.39, 0.29) is 0 Å². The van der Waals surface area contributed by atoms with Gasteiger partial charge in [-0.3, -0.25) is 9.88 Å². The van der Waals surface area contributed by atoms with Crippen molar-refractivity contribution in [3.05, 3.63) is 30.1 Å². The Balaban J connectivity index is 2.71. The number of oxime groups is 2. The summed E-state index contributed by atoms with van der Waals surface area (Å²) in [5, 5.41) is 23.7. The van der Waals surface area contributed by atoms with Gasteiger partial charge in [-0.25, -0.2) is 0 Å². The molecule has 1 aromatic rings. The molecule has 0 unspecified atom stereocenters. The van der Waals surface area contributed by atoms with E-state index in [0.717, 1.165) is 5.69 Å². The molecule has 0 aliphatic rings. The van der Waals surface area contributed by atoms with Crippen LogP contribution in [-0.2, 0) is 6.54 Å². The molecule has 1 aromatic heterocycles. The van der Waals surface area contributed by atoms with E-state index in [4.69, 9.17) is 10.4 Å². The first-order valence-electron chi connectivity index (χ1n) is 5.63. The van der Waals surface area contributed by atoms with Crippen LogP contribution in [0.4, 0.5) is 0 Å². The highest BCUT2D eigenvalue weighted by molar-refractivity contribution is 5.86. The summed E-state index contributed by atoms with van der Waals surface area (Å²) in [7, 11) is 0. The molecule has 0 atom stereocenters. The maximum absolute atomic E-state index is 8.71. The maximum Gasteiger partial charge on any atom is 0.0680 e. The third-order valence-corrected chi connectivity index (χ3v) is 2.36. The van der Waals surface area contributed by atoms with Crippen LogP contribution < -0.4 is 0 Å². The number of nitrogens with zero attached hydrogens (tertiary/aromatic N) is 4. The first-order valence-corrected chi connectivity index (χ1v) is 5.63. The molecule has 2 N–H and O–H groups in total. The Hall–Kier alpha value is -1.95. The van der Waals surface area contributed by atoms with Gasteiger partial charge in [0.05, 0.1) is 17.1 Å². The standard InChI is InChI=1S/C12H18N4O2/c1-10(14-17)7-16(8-11(2)15-18)9-12-5-3-4-6-13-12/h3-6,17-18H,7-9H2,1-2H3/b14-10-,15-11-. The van der Waals surface area contributed by atoms with Gasteiger partial charge in [0.2, 0.25) is 0 Å². The smallest absolute Gasteiger partial charge is 0.0680 e. The SMILES string of the molecule is C/C(CN(C/C(C)=N\O)Cc1ccccn1)=N/O. The fourth-order valence-electron chi connectivity index (χ4n) is 1.60. The summed E-state index contributed by atoms with van der Waals surface area (Å²) in [6.45, 7) is 5.04. The van der Waals surface area contributed by atoms with Gasteiger partial charge in [-0.1, -0.05) is 16.4 Å². The number of hydrogen-bond donors (Lipinski definition) is 2. The molecule has 0 aliphatic carbocycles. The molecular formula is C12H18N4O2. The Bertz CT molecular complexity index is 397. The van der Waals surface area contributed by atoms with Gasteiger partial charge >= 0.3 is 0 Å². The van der Waals surface area contributed by atoms with Crippen LogP contribution >= 0.6 is 0 Å². The van der Waals surface area contributed by atoms with Crippen molar-refractivity contribution in [2.45, 2.75) is 20.4 Å². The zero-order valence-electron chi connectivity index (χ0n) is 10.6. The summed E-state index contributed by atoms with van der Waals surface area (Å²) in [5.74, 6) is 0. The average molecular weight is 250 g/mol. The van der Waals surface area contributed by atoms with Gasteiger partial charge in [-0.15, -0.1) is 0 Å². The number of aromatic nitrogens is 1. The van der Waals surface area contributed by atoms with Gasteiger partial charge in [-0.05, 0) is 26.0 Å². The van der Waals surface area contributed by atoms with Crippen LogP contribution in [0.1, 0.15) is 19.5 Å². The van der Waals surface area contributed by atoms with Crippen molar-refractivity contribution < 1.29 is 10.4 Å². The third kappa shape index (κ3) is 4.92. The monoisotopic (exact) mass is 250 g/mol. The first kappa shape index (κ1) is 14.1. The second-order valence-electron chi connectivity index (χ2n) is 4.14. The van der Waals surface area contributed by atoms with Crippen molar-refractivity contribution in [2.75, 3.05) is 13.1 Å². The molecule has 18 heavy (non-hydrogen) atoms. The summed E-state index contributed by atoms with van der Waals surface area (Å²) in [6, 6.07) is 5.69. The largest absolute Gasteiger partial charge is 0.411 e. The molecule has 98 valence electrons. The molecule has 1 heterocycles. The first-order chi connectivity index (χ1) is 8.65. The molecule has 0 aromatic carbocycles. The van der Waals surface area contributed by atoms with Crippen LogP contribution in [0.25, 0.3) is 0 Å². The lowest BCUT2D eigenvalue weighted by molar-refractivity contribution is 0.294. The minimum Gasteiger partial charge on any atom is -0.411 e. The number of pyridine rings is 1. The lowest BCUT2D eigenvalue weighted by Crippen LogP contribution is -2.33.